The molecule has 6 heteroatoms. The molecule has 0 aliphatic heterocycles. The lowest BCUT2D eigenvalue weighted by Gasteiger charge is -2.21. The number of para-hydroxylation sites is 1. The van der Waals surface area contributed by atoms with Crippen molar-refractivity contribution in [2.75, 3.05) is 6.54 Å². The maximum Gasteiger partial charge on any atom is 0.270 e. The van der Waals surface area contributed by atoms with Crippen LogP contribution < -0.4 is 5.32 Å². The Morgan fingerprint density at radius 3 is 2.78 bits per heavy atom. The number of aromatic nitrogens is 2. The first-order valence-electron chi connectivity index (χ1n) is 7.20. The van der Waals surface area contributed by atoms with Crippen LogP contribution in [0, 0.1) is 0 Å². The predicted octanol–water partition coefficient (Wildman–Crippen LogP) is 2.10. The third kappa shape index (κ3) is 3.17. The van der Waals surface area contributed by atoms with E-state index in [1.54, 1.807) is 30.0 Å². The second kappa shape index (κ2) is 6.10. The third-order valence-corrected chi connectivity index (χ3v) is 3.55. The molecule has 0 saturated carbocycles. The molecule has 0 bridgehead atoms. The molecule has 6 nitrogen and oxygen atoms in total. The Bertz CT molecular complexity index is 777. The molecule has 2 heterocycles. The Kier molecular flexibility index (Phi) is 3.99. The van der Waals surface area contributed by atoms with E-state index >= 15 is 0 Å². The van der Waals surface area contributed by atoms with E-state index in [0.717, 1.165) is 5.69 Å². The zero-order chi connectivity index (χ0) is 16.3. The highest BCUT2D eigenvalue weighted by atomic mass is 16.4. The van der Waals surface area contributed by atoms with Crippen LogP contribution in [0.5, 0.6) is 0 Å². The fraction of sp³-hybridized carbons (Fsp3) is 0.176. The zero-order valence-electron chi connectivity index (χ0n) is 12.6. The van der Waals surface area contributed by atoms with Crippen molar-refractivity contribution in [2.45, 2.75) is 12.5 Å². The molecule has 23 heavy (non-hydrogen) atoms. The SMILES string of the molecule is CC(O)(CNC(=O)c1cncn1-c1ccccc1)c1ccco1. The summed E-state index contributed by atoms with van der Waals surface area (Å²) in [5.41, 5.74) is -0.0454. The maximum atomic E-state index is 12.4. The molecule has 2 N–H and O–H groups in total. The first-order valence-corrected chi connectivity index (χ1v) is 7.20. The molecule has 0 fully saturated rings. The van der Waals surface area contributed by atoms with Crippen LogP contribution in [-0.4, -0.2) is 27.1 Å². The van der Waals surface area contributed by atoms with E-state index in [2.05, 4.69) is 10.3 Å². The molecular formula is C17H17N3O3. The number of hydrogen-bond acceptors (Lipinski definition) is 4. The first kappa shape index (κ1) is 15.1. The van der Waals surface area contributed by atoms with Crippen LogP contribution in [0.3, 0.4) is 0 Å². The van der Waals surface area contributed by atoms with Crippen LogP contribution in [0.2, 0.25) is 0 Å². The van der Waals surface area contributed by atoms with Crippen molar-refractivity contribution in [3.05, 3.63) is 72.7 Å². The van der Waals surface area contributed by atoms with E-state index < -0.39 is 5.60 Å². The lowest BCUT2D eigenvalue weighted by molar-refractivity contribution is 0.0329. The van der Waals surface area contributed by atoms with Crippen molar-refractivity contribution in [1.82, 2.24) is 14.9 Å². The summed E-state index contributed by atoms with van der Waals surface area (Å²) in [6.07, 6.45) is 4.55. The van der Waals surface area contributed by atoms with Crippen LogP contribution in [0.1, 0.15) is 23.2 Å². The van der Waals surface area contributed by atoms with Gasteiger partial charge in [-0.25, -0.2) is 4.98 Å². The molecule has 1 aromatic carbocycles. The summed E-state index contributed by atoms with van der Waals surface area (Å²) in [6, 6.07) is 12.8. The van der Waals surface area contributed by atoms with Crippen molar-refractivity contribution >= 4 is 5.91 Å². The Labute approximate surface area is 133 Å². The molecule has 3 aromatic rings. The zero-order valence-corrected chi connectivity index (χ0v) is 12.6. The topological polar surface area (TPSA) is 80.3 Å². The summed E-state index contributed by atoms with van der Waals surface area (Å²) in [5.74, 6) is 0.0764. The normalized spacial score (nSPS) is 13.5. The fourth-order valence-electron chi connectivity index (χ4n) is 2.27. The van der Waals surface area contributed by atoms with Gasteiger partial charge in [0.1, 0.15) is 17.1 Å². The lowest BCUT2D eigenvalue weighted by Crippen LogP contribution is -2.38. The highest BCUT2D eigenvalue weighted by Gasteiger charge is 2.27. The molecule has 2 aromatic heterocycles. The molecule has 0 radical (unpaired) electrons. The number of nitrogens with zero attached hydrogens (tertiary/aromatic N) is 2. The summed E-state index contributed by atoms with van der Waals surface area (Å²) < 4.78 is 6.89. The van der Waals surface area contributed by atoms with E-state index in [-0.39, 0.29) is 12.5 Å². The van der Waals surface area contributed by atoms with Crippen LogP contribution in [0.15, 0.2) is 65.7 Å². The minimum atomic E-state index is -1.28. The Morgan fingerprint density at radius 2 is 2.09 bits per heavy atom. The molecule has 3 rings (SSSR count). The van der Waals surface area contributed by atoms with Gasteiger partial charge in [-0.1, -0.05) is 18.2 Å². The van der Waals surface area contributed by atoms with Gasteiger partial charge in [0.15, 0.2) is 0 Å². The second-order valence-electron chi connectivity index (χ2n) is 5.42. The number of benzene rings is 1. The van der Waals surface area contributed by atoms with Crippen molar-refractivity contribution in [3.63, 3.8) is 0 Å². The van der Waals surface area contributed by atoms with Gasteiger partial charge in [0.05, 0.1) is 25.3 Å². The lowest BCUT2D eigenvalue weighted by atomic mass is 10.0. The van der Waals surface area contributed by atoms with Gasteiger partial charge in [-0.2, -0.15) is 0 Å². The van der Waals surface area contributed by atoms with Gasteiger partial charge in [-0.15, -0.1) is 0 Å². The molecule has 0 spiro atoms. The summed E-state index contributed by atoms with van der Waals surface area (Å²) in [4.78, 5) is 16.4. The van der Waals surface area contributed by atoms with Crippen LogP contribution in [-0.2, 0) is 5.60 Å². The number of furan rings is 1. The molecular weight excluding hydrogens is 294 g/mol. The number of rotatable bonds is 5. The van der Waals surface area contributed by atoms with Gasteiger partial charge in [-0.3, -0.25) is 9.36 Å². The molecule has 0 saturated heterocycles. The van der Waals surface area contributed by atoms with Gasteiger partial charge in [0.2, 0.25) is 0 Å². The number of amides is 1. The van der Waals surface area contributed by atoms with Gasteiger partial charge < -0.3 is 14.8 Å². The number of nitrogens with one attached hydrogen (secondary N) is 1. The Hall–Kier alpha value is -2.86. The predicted molar refractivity (Wildman–Crippen MR) is 84.2 cm³/mol. The van der Waals surface area contributed by atoms with E-state index in [9.17, 15) is 9.90 Å². The smallest absolute Gasteiger partial charge is 0.270 e. The maximum absolute atomic E-state index is 12.4. The Balaban J connectivity index is 1.74. The number of carbonyl (C=O) groups excluding carboxylic acids is 1. The molecule has 0 aliphatic carbocycles. The largest absolute Gasteiger partial charge is 0.466 e. The van der Waals surface area contributed by atoms with E-state index in [0.29, 0.717) is 11.5 Å². The first-order chi connectivity index (χ1) is 11.1. The van der Waals surface area contributed by atoms with Crippen molar-refractivity contribution in [3.8, 4) is 5.69 Å². The summed E-state index contributed by atoms with van der Waals surface area (Å²) in [6.45, 7) is 1.61. The number of hydrogen-bond donors (Lipinski definition) is 2. The van der Waals surface area contributed by atoms with E-state index in [1.807, 2.05) is 30.3 Å². The average Bonchev–Trinajstić information content (AvgIpc) is 3.25. The quantitative estimate of drug-likeness (QED) is 0.756. The molecule has 0 aliphatic rings. The van der Waals surface area contributed by atoms with Crippen molar-refractivity contribution < 1.29 is 14.3 Å². The number of imidazole rings is 1. The van der Waals surface area contributed by atoms with Crippen LogP contribution >= 0.6 is 0 Å². The molecule has 1 amide bonds. The van der Waals surface area contributed by atoms with E-state index in [4.69, 9.17) is 4.42 Å². The fourth-order valence-corrected chi connectivity index (χ4v) is 2.27. The minimum absolute atomic E-state index is 0.0271. The van der Waals surface area contributed by atoms with Crippen molar-refractivity contribution in [2.24, 2.45) is 0 Å². The second-order valence-corrected chi connectivity index (χ2v) is 5.42. The van der Waals surface area contributed by atoms with Crippen LogP contribution in [0.4, 0.5) is 0 Å². The van der Waals surface area contributed by atoms with Crippen molar-refractivity contribution in [1.29, 1.82) is 0 Å². The molecule has 1 unspecified atom stereocenters. The van der Waals surface area contributed by atoms with Gasteiger partial charge in [0, 0.05) is 5.69 Å². The van der Waals surface area contributed by atoms with Gasteiger partial charge >= 0.3 is 0 Å². The standard InChI is InChI=1S/C17H17N3O3/c1-17(22,15-8-5-9-23-15)11-19-16(21)14-10-18-12-20(14)13-6-3-2-4-7-13/h2-10,12,22H,11H2,1H3,(H,19,21). The summed E-state index contributed by atoms with van der Waals surface area (Å²) >= 11 is 0. The monoisotopic (exact) mass is 311 g/mol. The third-order valence-electron chi connectivity index (χ3n) is 3.55. The highest BCUT2D eigenvalue weighted by molar-refractivity contribution is 5.93. The summed E-state index contributed by atoms with van der Waals surface area (Å²) in [7, 11) is 0. The summed E-state index contributed by atoms with van der Waals surface area (Å²) in [5, 5.41) is 13.1. The van der Waals surface area contributed by atoms with Gasteiger partial charge in [0.25, 0.3) is 5.91 Å². The minimum Gasteiger partial charge on any atom is -0.466 e. The Morgan fingerprint density at radius 1 is 1.30 bits per heavy atom. The number of carbonyl (C=O) groups is 1. The van der Waals surface area contributed by atoms with E-state index in [1.165, 1.54) is 12.5 Å². The van der Waals surface area contributed by atoms with Crippen LogP contribution in [0.25, 0.3) is 5.69 Å². The number of aliphatic hydroxyl groups is 1. The highest BCUT2D eigenvalue weighted by Crippen LogP contribution is 2.20. The average molecular weight is 311 g/mol. The van der Waals surface area contributed by atoms with Gasteiger partial charge in [-0.05, 0) is 31.2 Å². The molecule has 118 valence electrons. The molecule has 1 atom stereocenters.